The zero-order valence-corrected chi connectivity index (χ0v) is 7.53. The SMILES string of the molecule is CC(C)(CCO)OCCN=[N+]=[N-]. The van der Waals surface area contributed by atoms with Gasteiger partial charge in [-0.15, -0.1) is 0 Å². The third kappa shape index (κ3) is 5.97. The molecule has 0 bridgehead atoms. The number of nitrogens with zero attached hydrogens (tertiary/aromatic N) is 3. The molecule has 70 valence electrons. The van der Waals surface area contributed by atoms with E-state index in [2.05, 4.69) is 10.0 Å². The highest BCUT2D eigenvalue weighted by molar-refractivity contribution is 4.67. The van der Waals surface area contributed by atoms with Gasteiger partial charge in [0.2, 0.25) is 0 Å². The Morgan fingerprint density at radius 3 is 2.75 bits per heavy atom. The topological polar surface area (TPSA) is 78.2 Å². The minimum atomic E-state index is -0.334. The van der Waals surface area contributed by atoms with Crippen molar-refractivity contribution in [1.29, 1.82) is 0 Å². The minimum Gasteiger partial charge on any atom is -0.396 e. The molecule has 0 rings (SSSR count). The van der Waals surface area contributed by atoms with Crippen LogP contribution in [0.25, 0.3) is 10.4 Å². The molecule has 0 saturated heterocycles. The Kier molecular flexibility index (Phi) is 5.45. The summed E-state index contributed by atoms with van der Waals surface area (Å²) in [6.45, 7) is 4.62. The molecular weight excluding hydrogens is 158 g/mol. The van der Waals surface area contributed by atoms with Gasteiger partial charge < -0.3 is 9.84 Å². The fourth-order valence-electron chi connectivity index (χ4n) is 0.749. The van der Waals surface area contributed by atoms with Gasteiger partial charge in [0, 0.05) is 18.1 Å². The molecule has 0 aliphatic heterocycles. The van der Waals surface area contributed by atoms with E-state index < -0.39 is 0 Å². The van der Waals surface area contributed by atoms with Crippen molar-refractivity contribution in [1.82, 2.24) is 0 Å². The number of azide groups is 1. The number of hydrogen-bond donors (Lipinski definition) is 1. The molecule has 0 aliphatic rings. The van der Waals surface area contributed by atoms with E-state index in [4.69, 9.17) is 15.4 Å². The zero-order valence-electron chi connectivity index (χ0n) is 7.53. The third-order valence-corrected chi connectivity index (χ3v) is 1.46. The van der Waals surface area contributed by atoms with E-state index in [1.165, 1.54) is 0 Å². The first kappa shape index (κ1) is 11.2. The maximum atomic E-state index is 8.64. The number of ether oxygens (including phenoxy) is 1. The molecule has 0 fully saturated rings. The van der Waals surface area contributed by atoms with Gasteiger partial charge in [0.1, 0.15) is 0 Å². The molecule has 0 atom stereocenters. The van der Waals surface area contributed by atoms with E-state index in [9.17, 15) is 0 Å². The molecular formula is C7H15N3O2. The molecule has 5 heteroatoms. The summed E-state index contributed by atoms with van der Waals surface area (Å²) >= 11 is 0. The zero-order chi connectivity index (χ0) is 9.45. The quantitative estimate of drug-likeness (QED) is 0.286. The van der Waals surface area contributed by atoms with Crippen molar-refractivity contribution in [2.24, 2.45) is 5.11 Å². The Bertz CT molecular complexity index is 164. The van der Waals surface area contributed by atoms with Gasteiger partial charge in [0.25, 0.3) is 0 Å². The summed E-state index contributed by atoms with van der Waals surface area (Å²) in [6, 6.07) is 0. The first-order valence-corrected chi connectivity index (χ1v) is 3.88. The Morgan fingerprint density at radius 2 is 2.25 bits per heavy atom. The summed E-state index contributed by atoms with van der Waals surface area (Å²) < 4.78 is 5.35. The number of rotatable bonds is 6. The Labute approximate surface area is 72.0 Å². The molecule has 1 N–H and O–H groups in total. The highest BCUT2D eigenvalue weighted by Crippen LogP contribution is 2.12. The van der Waals surface area contributed by atoms with Gasteiger partial charge >= 0.3 is 0 Å². The van der Waals surface area contributed by atoms with Gasteiger partial charge in [-0.25, -0.2) is 0 Å². The normalized spacial score (nSPS) is 10.9. The molecule has 12 heavy (non-hydrogen) atoms. The molecule has 0 unspecified atom stereocenters. The molecule has 0 amide bonds. The lowest BCUT2D eigenvalue weighted by Crippen LogP contribution is -2.26. The standard InChI is InChI=1S/C7H15N3O2/c1-7(2,3-5-11)12-6-4-9-10-8/h11H,3-6H2,1-2H3. The molecule has 0 radical (unpaired) electrons. The summed E-state index contributed by atoms with van der Waals surface area (Å²) in [5, 5.41) is 12.0. The van der Waals surface area contributed by atoms with Crippen LogP contribution < -0.4 is 0 Å². The summed E-state index contributed by atoms with van der Waals surface area (Å²) in [4.78, 5) is 2.60. The second-order valence-electron chi connectivity index (χ2n) is 3.04. The first-order valence-electron chi connectivity index (χ1n) is 3.88. The van der Waals surface area contributed by atoms with Crippen LogP contribution in [0.1, 0.15) is 20.3 Å². The summed E-state index contributed by atoms with van der Waals surface area (Å²) in [6.07, 6.45) is 0.587. The predicted octanol–water partition coefficient (Wildman–Crippen LogP) is 1.47. The van der Waals surface area contributed by atoms with Crippen LogP contribution >= 0.6 is 0 Å². The van der Waals surface area contributed by atoms with Gasteiger partial charge in [0.15, 0.2) is 0 Å². The second kappa shape index (κ2) is 5.83. The number of aliphatic hydroxyl groups is 1. The predicted molar refractivity (Wildman–Crippen MR) is 45.7 cm³/mol. The highest BCUT2D eigenvalue weighted by Gasteiger charge is 2.16. The lowest BCUT2D eigenvalue weighted by atomic mass is 10.1. The van der Waals surface area contributed by atoms with E-state index >= 15 is 0 Å². The maximum absolute atomic E-state index is 8.64. The third-order valence-electron chi connectivity index (χ3n) is 1.46. The van der Waals surface area contributed by atoms with Crippen LogP contribution in [0.5, 0.6) is 0 Å². The van der Waals surface area contributed by atoms with Crippen molar-refractivity contribution < 1.29 is 9.84 Å². The highest BCUT2D eigenvalue weighted by atomic mass is 16.5. The average Bonchev–Trinajstić information content (AvgIpc) is 1.98. The molecule has 0 spiro atoms. The van der Waals surface area contributed by atoms with Crippen molar-refractivity contribution >= 4 is 0 Å². The Balaban J connectivity index is 3.52. The number of hydrogen-bond acceptors (Lipinski definition) is 3. The molecule has 0 aliphatic carbocycles. The van der Waals surface area contributed by atoms with Gasteiger partial charge in [-0.1, -0.05) is 5.11 Å². The van der Waals surface area contributed by atoms with Gasteiger partial charge in [0.05, 0.1) is 12.2 Å². The lowest BCUT2D eigenvalue weighted by molar-refractivity contribution is -0.0285. The first-order chi connectivity index (χ1) is 5.62. The van der Waals surface area contributed by atoms with Crippen molar-refractivity contribution in [3.63, 3.8) is 0 Å². The van der Waals surface area contributed by atoms with Crippen LogP contribution in [0.3, 0.4) is 0 Å². The van der Waals surface area contributed by atoms with Gasteiger partial charge in [-0.05, 0) is 25.8 Å². The van der Waals surface area contributed by atoms with E-state index in [0.29, 0.717) is 19.6 Å². The van der Waals surface area contributed by atoms with Gasteiger partial charge in [-0.2, -0.15) is 0 Å². The summed E-state index contributed by atoms with van der Waals surface area (Å²) in [7, 11) is 0. The lowest BCUT2D eigenvalue weighted by Gasteiger charge is -2.23. The molecule has 5 nitrogen and oxygen atoms in total. The minimum absolute atomic E-state index is 0.106. The molecule has 0 saturated carbocycles. The smallest absolute Gasteiger partial charge is 0.0648 e. The largest absolute Gasteiger partial charge is 0.396 e. The second-order valence-corrected chi connectivity index (χ2v) is 3.04. The Hall–Kier alpha value is -0.770. The Morgan fingerprint density at radius 1 is 1.58 bits per heavy atom. The van der Waals surface area contributed by atoms with Crippen LogP contribution in [0, 0.1) is 0 Å². The maximum Gasteiger partial charge on any atom is 0.0648 e. The van der Waals surface area contributed by atoms with E-state index in [1.54, 1.807) is 0 Å². The van der Waals surface area contributed by atoms with Crippen LogP contribution in [0.2, 0.25) is 0 Å². The average molecular weight is 173 g/mol. The van der Waals surface area contributed by atoms with E-state index in [-0.39, 0.29) is 12.2 Å². The fourth-order valence-corrected chi connectivity index (χ4v) is 0.749. The fraction of sp³-hybridized carbons (Fsp3) is 1.00. The van der Waals surface area contributed by atoms with E-state index in [0.717, 1.165) is 0 Å². The molecule has 0 heterocycles. The van der Waals surface area contributed by atoms with Crippen LogP contribution in [0.4, 0.5) is 0 Å². The van der Waals surface area contributed by atoms with Crippen LogP contribution in [0.15, 0.2) is 5.11 Å². The van der Waals surface area contributed by atoms with Crippen molar-refractivity contribution in [3.05, 3.63) is 10.4 Å². The number of aliphatic hydroxyl groups excluding tert-OH is 1. The monoisotopic (exact) mass is 173 g/mol. The van der Waals surface area contributed by atoms with Crippen molar-refractivity contribution in [3.8, 4) is 0 Å². The van der Waals surface area contributed by atoms with Gasteiger partial charge in [-0.3, -0.25) is 0 Å². The molecule has 0 aromatic carbocycles. The van der Waals surface area contributed by atoms with E-state index in [1.807, 2.05) is 13.8 Å². The van der Waals surface area contributed by atoms with Crippen LogP contribution in [-0.2, 0) is 4.74 Å². The molecule has 0 aromatic heterocycles. The van der Waals surface area contributed by atoms with Crippen LogP contribution in [-0.4, -0.2) is 30.5 Å². The van der Waals surface area contributed by atoms with Crippen molar-refractivity contribution in [2.75, 3.05) is 19.8 Å². The summed E-state index contributed by atoms with van der Waals surface area (Å²) in [5.74, 6) is 0. The molecule has 0 aromatic rings. The van der Waals surface area contributed by atoms with Crippen molar-refractivity contribution in [2.45, 2.75) is 25.9 Å². The summed E-state index contributed by atoms with van der Waals surface area (Å²) in [5.41, 5.74) is 7.63.